The standard InChI is InChI=1S/C17H22N2O/c1-19(12-11-15-5-3-2-4-6-15)13-14-20-17-9-7-16(18)8-10-17/h2-10H,11-14,18H2,1H3. The Balaban J connectivity index is 1.65. The van der Waals surface area contributed by atoms with Crippen molar-refractivity contribution >= 4 is 5.69 Å². The quantitative estimate of drug-likeness (QED) is 0.786. The second kappa shape index (κ2) is 7.56. The number of nitrogens with two attached hydrogens (primary N) is 1. The number of ether oxygens (including phenoxy) is 1. The van der Waals surface area contributed by atoms with Crippen molar-refractivity contribution in [1.82, 2.24) is 4.90 Å². The van der Waals surface area contributed by atoms with E-state index in [-0.39, 0.29) is 0 Å². The zero-order valence-corrected chi connectivity index (χ0v) is 12.0. The van der Waals surface area contributed by atoms with E-state index in [2.05, 4.69) is 36.2 Å². The van der Waals surface area contributed by atoms with Crippen LogP contribution < -0.4 is 10.5 Å². The molecule has 0 aliphatic heterocycles. The number of hydrogen-bond acceptors (Lipinski definition) is 3. The van der Waals surface area contributed by atoms with Crippen LogP contribution in [0.2, 0.25) is 0 Å². The fraction of sp³-hybridized carbons (Fsp3) is 0.294. The molecule has 0 aliphatic carbocycles. The zero-order valence-electron chi connectivity index (χ0n) is 12.0. The molecule has 20 heavy (non-hydrogen) atoms. The Hall–Kier alpha value is -2.00. The van der Waals surface area contributed by atoms with Crippen LogP contribution in [0.1, 0.15) is 5.56 Å². The third kappa shape index (κ3) is 4.94. The normalized spacial score (nSPS) is 10.7. The summed E-state index contributed by atoms with van der Waals surface area (Å²) in [7, 11) is 2.12. The van der Waals surface area contributed by atoms with Gasteiger partial charge in [0.05, 0.1) is 0 Å². The fourth-order valence-corrected chi connectivity index (χ4v) is 1.96. The highest BCUT2D eigenvalue weighted by molar-refractivity contribution is 5.41. The van der Waals surface area contributed by atoms with E-state index in [1.165, 1.54) is 5.56 Å². The third-order valence-corrected chi connectivity index (χ3v) is 3.25. The lowest BCUT2D eigenvalue weighted by Gasteiger charge is -2.17. The maximum atomic E-state index is 5.69. The van der Waals surface area contributed by atoms with Gasteiger partial charge in [-0.3, -0.25) is 0 Å². The Labute approximate surface area is 121 Å². The Kier molecular flexibility index (Phi) is 5.44. The van der Waals surface area contributed by atoms with Crippen LogP contribution in [-0.2, 0) is 6.42 Å². The summed E-state index contributed by atoms with van der Waals surface area (Å²) in [5.41, 5.74) is 7.77. The molecule has 0 amide bonds. The molecule has 0 heterocycles. The van der Waals surface area contributed by atoms with Gasteiger partial charge in [-0.25, -0.2) is 0 Å². The van der Waals surface area contributed by atoms with Crippen molar-refractivity contribution in [3.63, 3.8) is 0 Å². The van der Waals surface area contributed by atoms with Crippen LogP contribution in [0.5, 0.6) is 5.75 Å². The van der Waals surface area contributed by atoms with Crippen LogP contribution in [0, 0.1) is 0 Å². The number of benzene rings is 2. The van der Waals surface area contributed by atoms with E-state index < -0.39 is 0 Å². The monoisotopic (exact) mass is 270 g/mol. The van der Waals surface area contributed by atoms with Gasteiger partial charge in [0, 0.05) is 18.8 Å². The van der Waals surface area contributed by atoms with Gasteiger partial charge in [-0.1, -0.05) is 30.3 Å². The maximum absolute atomic E-state index is 5.69. The molecule has 0 fully saturated rings. The van der Waals surface area contributed by atoms with Crippen LogP contribution in [0.3, 0.4) is 0 Å². The third-order valence-electron chi connectivity index (χ3n) is 3.25. The molecule has 0 aromatic heterocycles. The summed E-state index contributed by atoms with van der Waals surface area (Å²) < 4.78 is 5.69. The molecule has 0 bridgehead atoms. The van der Waals surface area contributed by atoms with E-state index in [0.29, 0.717) is 6.61 Å². The Morgan fingerprint density at radius 3 is 2.35 bits per heavy atom. The number of nitrogens with zero attached hydrogens (tertiary/aromatic N) is 1. The molecule has 0 aliphatic rings. The van der Waals surface area contributed by atoms with E-state index >= 15 is 0 Å². The largest absolute Gasteiger partial charge is 0.492 e. The number of rotatable bonds is 7. The number of anilines is 1. The first-order chi connectivity index (χ1) is 9.74. The van der Waals surface area contributed by atoms with Gasteiger partial charge in [-0.2, -0.15) is 0 Å². The van der Waals surface area contributed by atoms with E-state index in [0.717, 1.165) is 30.9 Å². The zero-order chi connectivity index (χ0) is 14.2. The summed E-state index contributed by atoms with van der Waals surface area (Å²) in [6.07, 6.45) is 1.07. The van der Waals surface area contributed by atoms with Crippen molar-refractivity contribution in [2.45, 2.75) is 6.42 Å². The topological polar surface area (TPSA) is 38.5 Å². The Morgan fingerprint density at radius 1 is 0.950 bits per heavy atom. The summed E-state index contributed by atoms with van der Waals surface area (Å²) in [4.78, 5) is 2.28. The molecule has 2 aromatic rings. The van der Waals surface area contributed by atoms with Crippen molar-refractivity contribution in [2.75, 3.05) is 32.5 Å². The first kappa shape index (κ1) is 14.4. The Morgan fingerprint density at radius 2 is 1.65 bits per heavy atom. The lowest BCUT2D eigenvalue weighted by molar-refractivity contribution is 0.239. The van der Waals surface area contributed by atoms with Gasteiger partial charge in [0.25, 0.3) is 0 Å². The molecular weight excluding hydrogens is 248 g/mol. The smallest absolute Gasteiger partial charge is 0.119 e. The minimum absolute atomic E-state index is 0.690. The molecule has 0 saturated carbocycles. The number of likely N-dealkylation sites (N-methyl/N-ethyl adjacent to an activating group) is 1. The fourth-order valence-electron chi connectivity index (χ4n) is 1.96. The van der Waals surface area contributed by atoms with Gasteiger partial charge in [-0.15, -0.1) is 0 Å². The second-order valence-corrected chi connectivity index (χ2v) is 4.96. The summed E-state index contributed by atoms with van der Waals surface area (Å²) in [5, 5.41) is 0. The number of hydrogen-bond donors (Lipinski definition) is 1. The molecule has 3 heteroatoms. The number of nitrogen functional groups attached to an aromatic ring is 1. The SMILES string of the molecule is CN(CCOc1ccc(N)cc1)CCc1ccccc1. The highest BCUT2D eigenvalue weighted by Gasteiger charge is 2.00. The van der Waals surface area contributed by atoms with Gasteiger partial charge in [0.15, 0.2) is 0 Å². The first-order valence-corrected chi connectivity index (χ1v) is 6.95. The minimum atomic E-state index is 0.690. The van der Waals surface area contributed by atoms with E-state index in [4.69, 9.17) is 10.5 Å². The van der Waals surface area contributed by atoms with Gasteiger partial charge in [0.1, 0.15) is 12.4 Å². The summed E-state index contributed by atoms with van der Waals surface area (Å²) in [6.45, 7) is 2.64. The molecular formula is C17H22N2O. The lowest BCUT2D eigenvalue weighted by Crippen LogP contribution is -2.26. The predicted molar refractivity (Wildman–Crippen MR) is 84.0 cm³/mol. The van der Waals surface area contributed by atoms with Gasteiger partial charge >= 0.3 is 0 Å². The molecule has 0 radical (unpaired) electrons. The van der Waals surface area contributed by atoms with Crippen molar-refractivity contribution in [3.8, 4) is 5.75 Å². The molecule has 0 atom stereocenters. The lowest BCUT2D eigenvalue weighted by atomic mass is 10.1. The van der Waals surface area contributed by atoms with Gasteiger partial charge < -0.3 is 15.4 Å². The van der Waals surface area contributed by atoms with Crippen molar-refractivity contribution in [3.05, 3.63) is 60.2 Å². The van der Waals surface area contributed by atoms with E-state index in [9.17, 15) is 0 Å². The summed E-state index contributed by atoms with van der Waals surface area (Å²) >= 11 is 0. The molecule has 0 saturated heterocycles. The van der Waals surface area contributed by atoms with Crippen LogP contribution in [0.15, 0.2) is 54.6 Å². The molecule has 2 N–H and O–H groups in total. The van der Waals surface area contributed by atoms with Crippen LogP contribution in [0.25, 0.3) is 0 Å². The van der Waals surface area contributed by atoms with E-state index in [1.807, 2.05) is 30.3 Å². The summed E-state index contributed by atoms with van der Waals surface area (Å²) in [5.74, 6) is 0.871. The highest BCUT2D eigenvalue weighted by atomic mass is 16.5. The highest BCUT2D eigenvalue weighted by Crippen LogP contribution is 2.12. The van der Waals surface area contributed by atoms with E-state index in [1.54, 1.807) is 0 Å². The molecule has 2 rings (SSSR count). The maximum Gasteiger partial charge on any atom is 0.119 e. The van der Waals surface area contributed by atoms with Gasteiger partial charge in [-0.05, 0) is 43.3 Å². The molecule has 0 unspecified atom stereocenters. The van der Waals surface area contributed by atoms with Crippen molar-refractivity contribution < 1.29 is 4.74 Å². The van der Waals surface area contributed by atoms with Crippen molar-refractivity contribution in [1.29, 1.82) is 0 Å². The van der Waals surface area contributed by atoms with Crippen molar-refractivity contribution in [2.24, 2.45) is 0 Å². The molecule has 3 nitrogen and oxygen atoms in total. The van der Waals surface area contributed by atoms with Gasteiger partial charge in [0.2, 0.25) is 0 Å². The molecule has 106 valence electrons. The van der Waals surface area contributed by atoms with Crippen LogP contribution in [-0.4, -0.2) is 31.6 Å². The average molecular weight is 270 g/mol. The molecule has 2 aromatic carbocycles. The predicted octanol–water partition coefficient (Wildman–Crippen LogP) is 2.82. The minimum Gasteiger partial charge on any atom is -0.492 e. The average Bonchev–Trinajstić information content (AvgIpc) is 2.48. The van der Waals surface area contributed by atoms with Crippen LogP contribution >= 0.6 is 0 Å². The van der Waals surface area contributed by atoms with Crippen LogP contribution in [0.4, 0.5) is 5.69 Å². The molecule has 0 spiro atoms. The Bertz CT molecular complexity index is 496. The summed E-state index contributed by atoms with van der Waals surface area (Å²) in [6, 6.07) is 18.1. The second-order valence-electron chi connectivity index (χ2n) is 4.96. The first-order valence-electron chi connectivity index (χ1n) is 6.95.